The number of hydrogen-bond acceptors (Lipinski definition) is 2. The van der Waals surface area contributed by atoms with E-state index in [1.165, 1.54) is 0 Å². The van der Waals surface area contributed by atoms with Gasteiger partial charge in [-0.25, -0.2) is 24.3 Å². The van der Waals surface area contributed by atoms with Gasteiger partial charge in [0.05, 0.1) is 0 Å². The van der Waals surface area contributed by atoms with Crippen LogP contribution in [0.15, 0.2) is 36.5 Å². The molecule has 0 aromatic heterocycles. The fourth-order valence-corrected chi connectivity index (χ4v) is 9.55. The van der Waals surface area contributed by atoms with Crippen molar-refractivity contribution >= 4 is 8.64 Å². The summed E-state index contributed by atoms with van der Waals surface area (Å²) < 4.78 is 1.75. The van der Waals surface area contributed by atoms with E-state index in [2.05, 4.69) is 51.2 Å². The van der Waals surface area contributed by atoms with Crippen molar-refractivity contribution in [2.75, 3.05) is 14.2 Å². The van der Waals surface area contributed by atoms with Crippen LogP contribution in [0.25, 0.3) is 0 Å². The maximum atomic E-state index is 7.00. The molecule has 0 saturated carbocycles. The molecule has 0 bridgehead atoms. The van der Waals surface area contributed by atoms with Gasteiger partial charge in [0, 0.05) is 14.2 Å². The minimum Gasteiger partial charge on any atom is -0.273 e. The van der Waals surface area contributed by atoms with E-state index in [0.29, 0.717) is 0 Å². The van der Waals surface area contributed by atoms with E-state index in [0.717, 1.165) is 27.1 Å². The molecule has 0 aromatic carbocycles. The van der Waals surface area contributed by atoms with Crippen LogP contribution in [0, 0.1) is 12.2 Å². The summed E-state index contributed by atoms with van der Waals surface area (Å²) in [5.74, 6) is 0. The Morgan fingerprint density at radius 2 is 1.29 bits per heavy atom. The third-order valence-electron chi connectivity index (χ3n) is 1.67. The molecule has 0 fully saturated rings. The fourth-order valence-electron chi connectivity index (χ4n) is 1.18. The molecule has 0 amide bonds. The molecule has 0 aromatic rings. The zero-order chi connectivity index (χ0) is 16.9. The largest absolute Gasteiger partial charge is 0.273 e. The number of allylic oxidation sites excluding steroid dienone is 8. The maximum Gasteiger partial charge on any atom is -0.109 e. The summed E-state index contributed by atoms with van der Waals surface area (Å²) in [6.07, 6.45) is 20.0. The second kappa shape index (κ2) is 24.8. The molecule has 2 N–H and O–H groups in total. The molecule has 0 unspecified atom stereocenters. The Hall–Kier alpha value is -0.150. The molecule has 0 heterocycles. The van der Waals surface area contributed by atoms with Crippen molar-refractivity contribution in [3.8, 4) is 0 Å². The molecular weight excluding hydrogens is 355 g/mol. The summed E-state index contributed by atoms with van der Waals surface area (Å²) in [7, 11) is 2.00. The molecule has 0 saturated heterocycles. The zero-order valence-corrected chi connectivity index (χ0v) is 17.7. The monoisotopic (exact) mass is 384 g/mol. The second-order valence-corrected chi connectivity index (χ2v) is 18.1. The van der Waals surface area contributed by atoms with Gasteiger partial charge in [-0.15, -0.1) is 12.8 Å². The van der Waals surface area contributed by atoms with Crippen molar-refractivity contribution in [3.05, 3.63) is 48.6 Å². The topological polar surface area (TPSA) is 40.5 Å². The first-order valence-corrected chi connectivity index (χ1v) is 14.2. The second-order valence-electron chi connectivity index (χ2n) is 4.13. The van der Waals surface area contributed by atoms with E-state index in [1.54, 1.807) is 3.21 Å². The predicted molar refractivity (Wildman–Crippen MR) is 93.3 cm³/mol. The van der Waals surface area contributed by atoms with Gasteiger partial charge in [0.1, 0.15) is 0 Å². The molecule has 0 radical (unpaired) electrons. The third kappa shape index (κ3) is 33.0. The van der Waals surface area contributed by atoms with Crippen molar-refractivity contribution in [3.63, 3.8) is 0 Å². The van der Waals surface area contributed by atoms with E-state index in [1.807, 2.05) is 24.3 Å². The van der Waals surface area contributed by atoms with Crippen LogP contribution in [-0.4, -0.2) is 33.1 Å². The minimum absolute atomic E-state index is 0.0574. The Morgan fingerprint density at radius 3 is 1.33 bits per heavy atom. The normalized spacial score (nSPS) is 11.4. The number of hydrogen-bond donors (Lipinski definition) is 2. The summed E-state index contributed by atoms with van der Waals surface area (Å²) in [6.45, 7) is 9.40. The SMILES string of the molecule is CO.CO.C[C](C)=[Zr]=[Si](C)C.[C-]1=CC=CC1.[C-]1=CC=CC1. The molecule has 2 aliphatic rings. The Kier molecular flexibility index (Phi) is 30.5. The van der Waals surface area contributed by atoms with Gasteiger partial charge in [0.25, 0.3) is 0 Å². The van der Waals surface area contributed by atoms with E-state index in [4.69, 9.17) is 10.2 Å². The molecule has 120 valence electrons. The standard InChI is InChI=1S/2C5H5.C3H6.C2H6Si.2CH4O.Zr/c2*1-2-4-5-3-1;2*1-3-2;2*1-2;/h2*1-3H,4H2;2*1-2H3;2*2H,1H3;/q2*-1;;;;;. The molecule has 2 rings (SSSR count). The third-order valence-corrected chi connectivity index (χ3v) is 10.0. The molecular formula is C17H30O2SiZr-2. The van der Waals surface area contributed by atoms with Crippen molar-refractivity contribution < 1.29 is 31.6 Å². The van der Waals surface area contributed by atoms with Gasteiger partial charge in [-0.1, -0.05) is 0 Å². The number of aliphatic hydroxyl groups excluding tert-OH is 2. The van der Waals surface area contributed by atoms with Crippen molar-refractivity contribution in [1.29, 1.82) is 0 Å². The molecule has 0 atom stereocenters. The van der Waals surface area contributed by atoms with Crippen LogP contribution in [0.4, 0.5) is 0 Å². The summed E-state index contributed by atoms with van der Waals surface area (Å²) in [4.78, 5) is 0. The van der Waals surface area contributed by atoms with Gasteiger partial charge in [-0.2, -0.15) is 12.2 Å². The van der Waals surface area contributed by atoms with Crippen LogP contribution >= 0.6 is 0 Å². The van der Waals surface area contributed by atoms with Gasteiger partial charge < -0.3 is 10.2 Å². The van der Waals surface area contributed by atoms with Crippen LogP contribution in [0.1, 0.15) is 26.7 Å². The summed E-state index contributed by atoms with van der Waals surface area (Å²) >= 11 is 0.0574. The summed E-state index contributed by atoms with van der Waals surface area (Å²) in [5, 5.41) is 14.0. The first kappa shape index (κ1) is 25.8. The van der Waals surface area contributed by atoms with Gasteiger partial charge in [-0.05, 0) is 0 Å². The van der Waals surface area contributed by atoms with Crippen LogP contribution in [0.3, 0.4) is 0 Å². The van der Waals surface area contributed by atoms with Gasteiger partial charge in [0.2, 0.25) is 0 Å². The Balaban J connectivity index is -0.000000209. The van der Waals surface area contributed by atoms with Gasteiger partial charge in [0.15, 0.2) is 0 Å². The van der Waals surface area contributed by atoms with Crippen LogP contribution in [0.5, 0.6) is 0 Å². The minimum atomic E-state index is 0.0574. The maximum absolute atomic E-state index is 7.00. The Morgan fingerprint density at radius 1 is 0.905 bits per heavy atom. The average Bonchev–Trinajstić information content (AvgIpc) is 3.20. The fraction of sp³-hybridized carbons (Fsp3) is 0.471. The van der Waals surface area contributed by atoms with Crippen LogP contribution in [-0.2, 0) is 21.4 Å². The zero-order valence-electron chi connectivity index (χ0n) is 14.3. The molecule has 2 aliphatic carbocycles. The smallest absolute Gasteiger partial charge is 0.109 e. The summed E-state index contributed by atoms with van der Waals surface area (Å²) in [6, 6.07) is 0. The molecule has 4 heteroatoms. The van der Waals surface area contributed by atoms with Crippen LogP contribution < -0.4 is 0 Å². The molecule has 0 aliphatic heterocycles. The van der Waals surface area contributed by atoms with Crippen molar-refractivity contribution in [2.24, 2.45) is 0 Å². The first-order chi connectivity index (χ1) is 10.1. The number of aliphatic hydroxyl groups is 2. The molecule has 0 spiro atoms. The van der Waals surface area contributed by atoms with Crippen molar-refractivity contribution in [2.45, 2.75) is 39.8 Å². The molecule has 21 heavy (non-hydrogen) atoms. The van der Waals surface area contributed by atoms with E-state index in [-0.39, 0.29) is 26.8 Å². The quantitative estimate of drug-likeness (QED) is 0.496. The average molecular weight is 386 g/mol. The van der Waals surface area contributed by atoms with Gasteiger partial charge >= 0.3 is 56.9 Å². The summed E-state index contributed by atoms with van der Waals surface area (Å²) in [5.41, 5.74) is 0.199. The van der Waals surface area contributed by atoms with E-state index >= 15 is 0 Å². The van der Waals surface area contributed by atoms with Crippen LogP contribution in [0.2, 0.25) is 13.1 Å². The first-order valence-electron chi connectivity index (χ1n) is 6.83. The molecule has 2 nitrogen and oxygen atoms in total. The van der Waals surface area contributed by atoms with Gasteiger partial charge in [-0.3, -0.25) is 12.2 Å². The Bertz CT molecular complexity index is 326. The number of rotatable bonds is 0. The van der Waals surface area contributed by atoms with E-state index < -0.39 is 0 Å². The Labute approximate surface area is 142 Å². The van der Waals surface area contributed by atoms with Crippen molar-refractivity contribution in [1.82, 2.24) is 0 Å². The predicted octanol–water partition coefficient (Wildman–Crippen LogP) is 3.36. The van der Waals surface area contributed by atoms with E-state index in [9.17, 15) is 0 Å².